The highest BCUT2D eigenvalue weighted by Gasteiger charge is 2.44. The van der Waals surface area contributed by atoms with Gasteiger partial charge in [0.15, 0.2) is 5.78 Å². The van der Waals surface area contributed by atoms with Gasteiger partial charge < -0.3 is 0 Å². The van der Waals surface area contributed by atoms with Crippen LogP contribution in [0.4, 0.5) is 5.69 Å². The van der Waals surface area contributed by atoms with E-state index in [-0.39, 0.29) is 29.4 Å². The molecule has 3 nitrogen and oxygen atoms in total. The number of hydrogen-bond acceptors (Lipinski definition) is 2. The molecule has 0 radical (unpaired) electrons. The van der Waals surface area contributed by atoms with E-state index in [0.29, 0.717) is 22.9 Å². The van der Waals surface area contributed by atoms with Crippen molar-refractivity contribution in [1.29, 1.82) is 0 Å². The summed E-state index contributed by atoms with van der Waals surface area (Å²) in [5.74, 6) is -0.190. The van der Waals surface area contributed by atoms with Gasteiger partial charge in [0.1, 0.15) is 0 Å². The van der Waals surface area contributed by atoms with Crippen molar-refractivity contribution in [3.63, 3.8) is 0 Å². The largest absolute Gasteiger partial charge is 0.294 e. The summed E-state index contributed by atoms with van der Waals surface area (Å²) in [5.41, 5.74) is 4.12. The fourth-order valence-corrected chi connectivity index (χ4v) is 4.80. The van der Waals surface area contributed by atoms with Crippen LogP contribution in [0.15, 0.2) is 53.7 Å². The molecule has 0 bridgehead atoms. The molecule has 2 aromatic rings. The standard InChI is InChI=1S/C24H23Cl2NO2/c1-14-5-4-6-16(9-14)27-20-12-24(2,3)13-21(28)23(20)17(11-22(27)29)15-7-8-18(25)19(26)10-15/h4-10,17H,11-13H2,1-3H3. The number of benzene rings is 2. The Morgan fingerprint density at radius 3 is 2.45 bits per heavy atom. The average Bonchev–Trinajstić information content (AvgIpc) is 2.62. The van der Waals surface area contributed by atoms with Crippen LogP contribution >= 0.6 is 23.2 Å². The Bertz CT molecular complexity index is 1050. The van der Waals surface area contributed by atoms with Gasteiger partial charge in [-0.3, -0.25) is 14.5 Å². The molecule has 1 unspecified atom stereocenters. The van der Waals surface area contributed by atoms with Crippen LogP contribution in [0.5, 0.6) is 0 Å². The molecule has 4 rings (SSSR count). The number of halogens is 2. The normalized spacial score (nSPS) is 21.4. The summed E-state index contributed by atoms with van der Waals surface area (Å²) in [7, 11) is 0. The molecule has 2 aromatic carbocycles. The minimum absolute atomic E-state index is 0.00378. The highest BCUT2D eigenvalue weighted by Crippen LogP contribution is 2.48. The van der Waals surface area contributed by atoms with Gasteiger partial charge >= 0.3 is 0 Å². The summed E-state index contributed by atoms with van der Waals surface area (Å²) in [6.07, 6.45) is 1.38. The van der Waals surface area contributed by atoms with E-state index in [0.717, 1.165) is 28.1 Å². The minimum Gasteiger partial charge on any atom is -0.294 e. The van der Waals surface area contributed by atoms with E-state index in [1.807, 2.05) is 37.3 Å². The molecule has 0 N–H and O–H groups in total. The maximum Gasteiger partial charge on any atom is 0.232 e. The minimum atomic E-state index is -0.295. The number of nitrogens with zero attached hydrogens (tertiary/aromatic N) is 1. The molecule has 0 saturated carbocycles. The number of hydrogen-bond donors (Lipinski definition) is 0. The number of rotatable bonds is 2. The molecule has 29 heavy (non-hydrogen) atoms. The summed E-state index contributed by atoms with van der Waals surface area (Å²) in [4.78, 5) is 28.4. The van der Waals surface area contributed by atoms with Crippen LogP contribution in [0.25, 0.3) is 0 Å². The van der Waals surface area contributed by atoms with Gasteiger partial charge in [0.25, 0.3) is 0 Å². The van der Waals surface area contributed by atoms with Crippen LogP contribution in [-0.2, 0) is 9.59 Å². The molecule has 5 heteroatoms. The van der Waals surface area contributed by atoms with Gasteiger partial charge in [-0.2, -0.15) is 0 Å². The van der Waals surface area contributed by atoms with Gasteiger partial charge in [-0.15, -0.1) is 0 Å². The lowest BCUT2D eigenvalue weighted by molar-refractivity contribution is -0.121. The first-order valence-electron chi connectivity index (χ1n) is 9.77. The summed E-state index contributed by atoms with van der Waals surface area (Å²) >= 11 is 12.3. The Morgan fingerprint density at radius 1 is 1.00 bits per heavy atom. The van der Waals surface area contributed by atoms with E-state index < -0.39 is 0 Å². The molecule has 1 heterocycles. The fourth-order valence-electron chi connectivity index (χ4n) is 4.50. The maximum absolute atomic E-state index is 13.3. The Morgan fingerprint density at radius 2 is 1.76 bits per heavy atom. The van der Waals surface area contributed by atoms with Gasteiger partial charge in [-0.25, -0.2) is 0 Å². The molecule has 1 aliphatic carbocycles. The number of aryl methyl sites for hydroxylation is 1. The highest BCUT2D eigenvalue weighted by atomic mass is 35.5. The summed E-state index contributed by atoms with van der Waals surface area (Å²) in [6.45, 7) is 6.16. The van der Waals surface area contributed by atoms with Gasteiger partial charge in [0, 0.05) is 35.7 Å². The molecule has 0 aromatic heterocycles. The van der Waals surface area contributed by atoms with E-state index in [1.165, 1.54) is 0 Å². The number of carbonyl (C=O) groups excluding carboxylic acids is 2. The second-order valence-corrected chi connectivity index (χ2v) is 9.61. The number of ketones is 1. The van der Waals surface area contributed by atoms with Crippen molar-refractivity contribution in [2.24, 2.45) is 5.41 Å². The molecule has 150 valence electrons. The Labute approximate surface area is 181 Å². The molecule has 1 aliphatic heterocycles. The summed E-state index contributed by atoms with van der Waals surface area (Å²) in [6, 6.07) is 13.2. The first kappa shape index (κ1) is 20.2. The van der Waals surface area contributed by atoms with Crippen LogP contribution < -0.4 is 4.90 Å². The smallest absolute Gasteiger partial charge is 0.232 e. The number of Topliss-reactive ketones (excluding diaryl/α,β-unsaturated/α-hetero) is 1. The van der Waals surface area contributed by atoms with Crippen LogP contribution in [0.1, 0.15) is 50.2 Å². The first-order valence-corrected chi connectivity index (χ1v) is 10.5. The van der Waals surface area contributed by atoms with E-state index in [4.69, 9.17) is 23.2 Å². The average molecular weight is 428 g/mol. The first-order chi connectivity index (χ1) is 13.7. The predicted molar refractivity (Wildman–Crippen MR) is 118 cm³/mol. The van der Waals surface area contributed by atoms with Crippen molar-refractivity contribution >= 4 is 40.6 Å². The Balaban J connectivity index is 1.91. The molecule has 1 atom stereocenters. The second kappa shape index (κ2) is 7.30. The molecular weight excluding hydrogens is 405 g/mol. The van der Waals surface area contributed by atoms with E-state index in [2.05, 4.69) is 13.8 Å². The Hall–Kier alpha value is -2.10. The lowest BCUT2D eigenvalue weighted by Gasteiger charge is -2.43. The third-order valence-corrected chi connectivity index (χ3v) is 6.49. The molecule has 0 fully saturated rings. The molecule has 0 saturated heterocycles. The molecular formula is C24H23Cl2NO2. The lowest BCUT2D eigenvalue weighted by Crippen LogP contribution is -2.43. The van der Waals surface area contributed by atoms with Crippen LogP contribution in [-0.4, -0.2) is 11.7 Å². The number of anilines is 1. The summed E-state index contributed by atoms with van der Waals surface area (Å²) < 4.78 is 0. The van der Waals surface area contributed by atoms with Crippen molar-refractivity contribution in [3.8, 4) is 0 Å². The Kier molecular flexibility index (Phi) is 5.08. The van der Waals surface area contributed by atoms with Crippen LogP contribution in [0.3, 0.4) is 0 Å². The predicted octanol–water partition coefficient (Wildman–Crippen LogP) is 6.47. The number of amides is 1. The summed E-state index contributed by atoms with van der Waals surface area (Å²) in [5, 5.41) is 0.896. The van der Waals surface area contributed by atoms with Crippen molar-refractivity contribution < 1.29 is 9.59 Å². The zero-order chi connectivity index (χ0) is 20.9. The van der Waals surface area contributed by atoms with Gasteiger partial charge in [-0.1, -0.05) is 55.2 Å². The van der Waals surface area contributed by atoms with Gasteiger partial charge in [-0.05, 0) is 54.2 Å². The monoisotopic (exact) mass is 427 g/mol. The quantitative estimate of drug-likeness (QED) is 0.550. The topological polar surface area (TPSA) is 37.4 Å². The number of allylic oxidation sites excluding steroid dienone is 2. The lowest BCUT2D eigenvalue weighted by atomic mass is 9.69. The molecule has 0 spiro atoms. The zero-order valence-electron chi connectivity index (χ0n) is 16.8. The van der Waals surface area contributed by atoms with Crippen molar-refractivity contribution in [1.82, 2.24) is 0 Å². The second-order valence-electron chi connectivity index (χ2n) is 8.80. The van der Waals surface area contributed by atoms with Gasteiger partial charge in [0.2, 0.25) is 5.91 Å². The van der Waals surface area contributed by atoms with E-state index in [1.54, 1.807) is 17.0 Å². The molecule has 2 aliphatic rings. The highest BCUT2D eigenvalue weighted by molar-refractivity contribution is 6.42. The van der Waals surface area contributed by atoms with Crippen molar-refractivity contribution in [2.45, 2.75) is 46.0 Å². The fraction of sp³-hybridized carbons (Fsp3) is 0.333. The number of carbonyl (C=O) groups is 2. The maximum atomic E-state index is 13.3. The van der Waals surface area contributed by atoms with E-state index in [9.17, 15) is 9.59 Å². The van der Waals surface area contributed by atoms with Crippen molar-refractivity contribution in [2.75, 3.05) is 4.90 Å². The SMILES string of the molecule is Cc1cccc(N2C(=O)CC(c3ccc(Cl)c(Cl)c3)C3=C2CC(C)(C)CC3=O)c1. The van der Waals surface area contributed by atoms with E-state index >= 15 is 0 Å². The van der Waals surface area contributed by atoms with Crippen LogP contribution in [0, 0.1) is 12.3 Å². The third kappa shape index (κ3) is 3.74. The van der Waals surface area contributed by atoms with Crippen LogP contribution in [0.2, 0.25) is 10.0 Å². The third-order valence-electron chi connectivity index (χ3n) is 5.75. The zero-order valence-corrected chi connectivity index (χ0v) is 18.3. The van der Waals surface area contributed by atoms with Gasteiger partial charge in [0.05, 0.1) is 10.0 Å². The molecule has 1 amide bonds. The van der Waals surface area contributed by atoms with Crippen molar-refractivity contribution in [3.05, 3.63) is 74.9 Å².